The topological polar surface area (TPSA) is 12.9 Å². The number of rotatable bonds is 2. The molecule has 1 nitrogen and oxygen atoms in total. The fourth-order valence-corrected chi connectivity index (χ4v) is 6.07. The predicted molar refractivity (Wildman–Crippen MR) is 142 cm³/mol. The Bertz CT molecular complexity index is 1510. The van der Waals surface area contributed by atoms with E-state index in [2.05, 4.69) is 101 Å². The summed E-state index contributed by atoms with van der Waals surface area (Å²) in [7, 11) is 0. The SMILES string of the molecule is CC(C)(C)Cc1ccc2c(c1)sc1c(-c3cc(C(C)(C)C)c4ccccc4c3)ncc(F)c12. The maximum absolute atomic E-state index is 15.1. The monoisotopic (exact) mass is 455 g/mol. The standard InChI is InChI=1S/C30H30FNS/c1-29(2,3)16-18-11-12-22-25(13-18)33-28-26(22)24(31)17-32-27(28)20-14-19-9-7-8-10-21(19)23(15-20)30(4,5)6/h7-15,17H,16H2,1-6H3. The summed E-state index contributed by atoms with van der Waals surface area (Å²) in [6.45, 7) is 13.5. The van der Waals surface area contributed by atoms with Gasteiger partial charge in [0.25, 0.3) is 0 Å². The second-order valence-corrected chi connectivity index (χ2v) is 12.4. The van der Waals surface area contributed by atoms with Crippen LogP contribution in [0, 0.1) is 11.2 Å². The molecule has 2 aromatic heterocycles. The molecule has 0 unspecified atom stereocenters. The highest BCUT2D eigenvalue weighted by Crippen LogP contribution is 2.42. The van der Waals surface area contributed by atoms with E-state index in [1.165, 1.54) is 28.1 Å². The van der Waals surface area contributed by atoms with Crippen molar-refractivity contribution in [3.05, 3.63) is 77.7 Å². The molecule has 0 radical (unpaired) electrons. The molecule has 0 atom stereocenters. The third-order valence-corrected chi connectivity index (χ3v) is 7.35. The van der Waals surface area contributed by atoms with Crippen molar-refractivity contribution in [1.29, 1.82) is 0 Å². The lowest BCUT2D eigenvalue weighted by atomic mass is 9.82. The minimum absolute atomic E-state index is 0.0171. The minimum Gasteiger partial charge on any atom is -0.252 e. The van der Waals surface area contributed by atoms with Crippen LogP contribution < -0.4 is 0 Å². The number of hydrogen-bond acceptors (Lipinski definition) is 2. The molecule has 3 aromatic carbocycles. The molecule has 0 aliphatic rings. The van der Waals surface area contributed by atoms with Crippen molar-refractivity contribution in [2.24, 2.45) is 5.41 Å². The Morgan fingerprint density at radius 1 is 0.879 bits per heavy atom. The lowest BCUT2D eigenvalue weighted by molar-refractivity contribution is 0.411. The molecule has 0 saturated heterocycles. The van der Waals surface area contributed by atoms with Crippen LogP contribution in [0.25, 0.3) is 42.2 Å². The molecule has 2 heterocycles. The highest BCUT2D eigenvalue weighted by atomic mass is 32.1. The quantitative estimate of drug-likeness (QED) is 0.258. The van der Waals surface area contributed by atoms with Crippen LogP contribution >= 0.6 is 11.3 Å². The minimum atomic E-state index is -0.250. The number of fused-ring (bicyclic) bond motifs is 4. The van der Waals surface area contributed by atoms with Gasteiger partial charge < -0.3 is 0 Å². The van der Waals surface area contributed by atoms with Gasteiger partial charge in [0.05, 0.1) is 16.6 Å². The average Bonchev–Trinajstić information content (AvgIpc) is 3.10. The van der Waals surface area contributed by atoms with Gasteiger partial charge in [-0.25, -0.2) is 4.39 Å². The zero-order valence-corrected chi connectivity index (χ0v) is 21.0. The maximum Gasteiger partial charge on any atom is 0.150 e. The third kappa shape index (κ3) is 4.04. The highest BCUT2D eigenvalue weighted by Gasteiger charge is 2.21. The zero-order valence-electron chi connectivity index (χ0n) is 20.2. The highest BCUT2D eigenvalue weighted by molar-refractivity contribution is 7.26. The second kappa shape index (κ2) is 7.63. The van der Waals surface area contributed by atoms with E-state index in [0.717, 1.165) is 32.5 Å². The summed E-state index contributed by atoms with van der Waals surface area (Å²) in [6, 6.07) is 19.4. The van der Waals surface area contributed by atoms with Gasteiger partial charge in [0, 0.05) is 21.0 Å². The van der Waals surface area contributed by atoms with Gasteiger partial charge >= 0.3 is 0 Å². The molecule has 0 bridgehead atoms. The van der Waals surface area contributed by atoms with Crippen molar-refractivity contribution < 1.29 is 4.39 Å². The molecule has 168 valence electrons. The normalized spacial score (nSPS) is 12.8. The summed E-state index contributed by atoms with van der Waals surface area (Å²) in [5, 5.41) is 4.11. The van der Waals surface area contributed by atoms with Crippen LogP contribution in [0.4, 0.5) is 4.39 Å². The Hall–Kier alpha value is -2.78. The first-order valence-corrected chi connectivity index (χ1v) is 12.4. The molecule has 33 heavy (non-hydrogen) atoms. The maximum atomic E-state index is 15.1. The van der Waals surface area contributed by atoms with Gasteiger partial charge in [-0.15, -0.1) is 11.3 Å². The van der Waals surface area contributed by atoms with Crippen molar-refractivity contribution in [2.75, 3.05) is 0 Å². The van der Waals surface area contributed by atoms with Crippen molar-refractivity contribution in [1.82, 2.24) is 4.98 Å². The lowest BCUT2D eigenvalue weighted by Gasteiger charge is -2.22. The molecule has 5 rings (SSSR count). The number of nitrogens with zero attached hydrogens (tertiary/aromatic N) is 1. The van der Waals surface area contributed by atoms with Crippen LogP contribution in [0.1, 0.15) is 52.7 Å². The molecule has 0 amide bonds. The zero-order chi connectivity index (χ0) is 23.5. The molecule has 0 saturated carbocycles. The molecule has 0 N–H and O–H groups in total. The first kappa shape index (κ1) is 22.0. The van der Waals surface area contributed by atoms with Crippen LogP contribution in [-0.2, 0) is 11.8 Å². The molecule has 0 aliphatic carbocycles. The smallest absolute Gasteiger partial charge is 0.150 e. The Kier molecular flexibility index (Phi) is 5.10. The second-order valence-electron chi connectivity index (χ2n) is 11.3. The Morgan fingerprint density at radius 3 is 2.36 bits per heavy atom. The average molecular weight is 456 g/mol. The van der Waals surface area contributed by atoms with Crippen molar-refractivity contribution >= 4 is 42.3 Å². The lowest BCUT2D eigenvalue weighted by Crippen LogP contribution is -2.12. The van der Waals surface area contributed by atoms with Crippen LogP contribution in [0.5, 0.6) is 0 Å². The first-order chi connectivity index (χ1) is 15.5. The van der Waals surface area contributed by atoms with E-state index in [0.29, 0.717) is 5.39 Å². The fraction of sp³-hybridized carbons (Fsp3) is 0.300. The molecule has 5 aromatic rings. The summed E-state index contributed by atoms with van der Waals surface area (Å²) >= 11 is 1.65. The summed E-state index contributed by atoms with van der Waals surface area (Å²) in [6.07, 6.45) is 2.38. The van der Waals surface area contributed by atoms with Crippen molar-refractivity contribution in [2.45, 2.75) is 53.4 Å². The Labute approximate surface area is 199 Å². The van der Waals surface area contributed by atoms with Gasteiger partial charge in [-0.1, -0.05) is 77.9 Å². The number of thiophene rings is 1. The number of aromatic nitrogens is 1. The molecule has 0 aliphatic heterocycles. The van der Waals surface area contributed by atoms with Gasteiger partial charge in [0.2, 0.25) is 0 Å². The van der Waals surface area contributed by atoms with Gasteiger partial charge in [-0.2, -0.15) is 0 Å². The van der Waals surface area contributed by atoms with E-state index in [9.17, 15) is 0 Å². The van der Waals surface area contributed by atoms with E-state index >= 15 is 4.39 Å². The first-order valence-electron chi connectivity index (χ1n) is 11.5. The van der Waals surface area contributed by atoms with E-state index in [1.807, 2.05) is 0 Å². The van der Waals surface area contributed by atoms with Crippen LogP contribution in [0.15, 0.2) is 60.8 Å². The van der Waals surface area contributed by atoms with Gasteiger partial charge in [-0.05, 0) is 57.3 Å². The van der Waals surface area contributed by atoms with Crippen LogP contribution in [-0.4, -0.2) is 4.98 Å². The van der Waals surface area contributed by atoms with Gasteiger partial charge in [0.15, 0.2) is 5.82 Å². The van der Waals surface area contributed by atoms with E-state index in [4.69, 9.17) is 0 Å². The molecule has 0 fully saturated rings. The largest absolute Gasteiger partial charge is 0.252 e. The van der Waals surface area contributed by atoms with Crippen molar-refractivity contribution in [3.8, 4) is 11.3 Å². The number of hydrogen-bond donors (Lipinski definition) is 0. The molecule has 0 spiro atoms. The third-order valence-electron chi connectivity index (χ3n) is 6.19. The van der Waals surface area contributed by atoms with E-state index in [1.54, 1.807) is 11.3 Å². The van der Waals surface area contributed by atoms with Gasteiger partial charge in [0.1, 0.15) is 0 Å². The predicted octanol–water partition coefficient (Wildman–Crippen LogP) is 9.29. The summed E-state index contributed by atoms with van der Waals surface area (Å²) in [5.41, 5.74) is 4.67. The molecular formula is C30H30FNS. The molecular weight excluding hydrogens is 425 g/mol. The number of halogens is 1. The van der Waals surface area contributed by atoms with Gasteiger partial charge in [-0.3, -0.25) is 4.98 Å². The summed E-state index contributed by atoms with van der Waals surface area (Å²) in [4.78, 5) is 4.62. The van der Waals surface area contributed by atoms with Crippen molar-refractivity contribution in [3.63, 3.8) is 0 Å². The van der Waals surface area contributed by atoms with E-state index in [-0.39, 0.29) is 16.6 Å². The molecule has 3 heteroatoms. The Balaban J connectivity index is 1.78. The van der Waals surface area contributed by atoms with Crippen LogP contribution in [0.3, 0.4) is 0 Å². The Morgan fingerprint density at radius 2 is 1.64 bits per heavy atom. The summed E-state index contributed by atoms with van der Waals surface area (Å²) in [5.74, 6) is -0.250. The number of benzene rings is 3. The number of pyridine rings is 1. The fourth-order valence-electron chi connectivity index (χ4n) is 4.79. The van der Waals surface area contributed by atoms with E-state index < -0.39 is 0 Å². The summed E-state index contributed by atoms with van der Waals surface area (Å²) < 4.78 is 17.1. The van der Waals surface area contributed by atoms with Crippen LogP contribution in [0.2, 0.25) is 0 Å².